The van der Waals surface area contributed by atoms with Crippen LogP contribution in [-0.2, 0) is 4.79 Å². The molecule has 0 saturated heterocycles. The van der Waals surface area contributed by atoms with Crippen molar-refractivity contribution in [2.75, 3.05) is 20.6 Å². The second-order valence-electron chi connectivity index (χ2n) is 5.45. The Morgan fingerprint density at radius 1 is 1.40 bits per heavy atom. The number of urea groups is 1. The van der Waals surface area contributed by atoms with Crippen LogP contribution in [0.2, 0.25) is 0 Å². The van der Waals surface area contributed by atoms with Gasteiger partial charge in [-0.25, -0.2) is 9.59 Å². The topological polar surface area (TPSA) is 81.7 Å². The van der Waals surface area contributed by atoms with Gasteiger partial charge in [-0.05, 0) is 26.9 Å². The van der Waals surface area contributed by atoms with E-state index in [2.05, 4.69) is 21.5 Å². The summed E-state index contributed by atoms with van der Waals surface area (Å²) in [5, 5.41) is 14.1. The van der Waals surface area contributed by atoms with Gasteiger partial charge in [0.15, 0.2) is 0 Å². The molecule has 112 valence electrons. The number of hydrogen-bond donors (Lipinski definition) is 3. The number of carboxylic acid groups (broad SMARTS) is 1. The van der Waals surface area contributed by atoms with Gasteiger partial charge in [0.1, 0.15) is 6.04 Å². The number of hydrogen-bond acceptors (Lipinski definition) is 3. The van der Waals surface area contributed by atoms with Crippen molar-refractivity contribution in [2.24, 2.45) is 0 Å². The summed E-state index contributed by atoms with van der Waals surface area (Å²) >= 11 is 0. The summed E-state index contributed by atoms with van der Waals surface area (Å²) in [6.07, 6.45) is 9.43. The fraction of sp³-hybridized carbons (Fsp3) is 0.714. The van der Waals surface area contributed by atoms with Crippen LogP contribution in [0.25, 0.3) is 0 Å². The van der Waals surface area contributed by atoms with Gasteiger partial charge in [0, 0.05) is 18.5 Å². The predicted molar refractivity (Wildman–Crippen MR) is 76.3 cm³/mol. The summed E-state index contributed by atoms with van der Waals surface area (Å²) in [6, 6.07) is -1.53. The van der Waals surface area contributed by atoms with Gasteiger partial charge in [-0.15, -0.1) is 12.3 Å². The van der Waals surface area contributed by atoms with E-state index in [-0.39, 0.29) is 12.0 Å². The quantitative estimate of drug-likeness (QED) is 0.624. The molecule has 0 aromatic rings. The summed E-state index contributed by atoms with van der Waals surface area (Å²) in [5.74, 6) is 1.12. The smallest absolute Gasteiger partial charge is 0.327 e. The lowest BCUT2D eigenvalue weighted by molar-refractivity contribution is -0.139. The maximum Gasteiger partial charge on any atom is 0.327 e. The Balaban J connectivity index is 2.50. The minimum absolute atomic E-state index is 0.0256. The molecule has 1 unspecified atom stereocenters. The van der Waals surface area contributed by atoms with E-state index in [1.165, 1.54) is 0 Å². The zero-order chi connectivity index (χ0) is 15.2. The molecule has 1 atom stereocenters. The first-order chi connectivity index (χ1) is 9.41. The van der Waals surface area contributed by atoms with Crippen molar-refractivity contribution in [3.63, 3.8) is 0 Å². The van der Waals surface area contributed by atoms with Crippen molar-refractivity contribution < 1.29 is 14.7 Å². The summed E-state index contributed by atoms with van der Waals surface area (Å²) in [4.78, 5) is 24.8. The monoisotopic (exact) mass is 281 g/mol. The predicted octanol–water partition coefficient (Wildman–Crippen LogP) is 0.636. The number of nitrogens with one attached hydrogen (secondary N) is 2. The normalized spacial score (nSPS) is 18.3. The molecule has 3 N–H and O–H groups in total. The van der Waals surface area contributed by atoms with Gasteiger partial charge in [0.25, 0.3) is 0 Å². The molecule has 0 spiro atoms. The van der Waals surface area contributed by atoms with Crippen LogP contribution in [-0.4, -0.2) is 54.2 Å². The van der Waals surface area contributed by atoms with E-state index in [1.807, 2.05) is 14.1 Å². The van der Waals surface area contributed by atoms with Gasteiger partial charge < -0.3 is 20.6 Å². The number of likely N-dealkylation sites (N-methyl/N-ethyl adjacent to an activating group) is 1. The summed E-state index contributed by atoms with van der Waals surface area (Å²) in [5.41, 5.74) is -0.0256. The average molecular weight is 281 g/mol. The second kappa shape index (κ2) is 7.15. The number of carboxylic acids is 1. The minimum Gasteiger partial charge on any atom is -0.480 e. The number of aliphatic carboxylic acids is 1. The van der Waals surface area contributed by atoms with Crippen molar-refractivity contribution in [1.29, 1.82) is 0 Å². The highest BCUT2D eigenvalue weighted by Crippen LogP contribution is 2.32. The number of carbonyl (C=O) groups excluding carboxylic acids is 1. The lowest BCUT2D eigenvalue weighted by Gasteiger charge is -2.36. The number of rotatable bonds is 6. The van der Waals surface area contributed by atoms with Crippen LogP contribution < -0.4 is 10.6 Å². The molecule has 1 aliphatic carbocycles. The zero-order valence-electron chi connectivity index (χ0n) is 12.1. The van der Waals surface area contributed by atoms with E-state index in [4.69, 9.17) is 11.5 Å². The molecular weight excluding hydrogens is 258 g/mol. The molecule has 0 radical (unpaired) electrons. The number of carbonyl (C=O) groups is 2. The average Bonchev–Trinajstić information content (AvgIpc) is 2.86. The lowest BCUT2D eigenvalue weighted by atomic mass is 9.96. The molecule has 2 amide bonds. The van der Waals surface area contributed by atoms with Crippen molar-refractivity contribution in [3.8, 4) is 12.3 Å². The number of nitrogens with zero attached hydrogens (tertiary/aromatic N) is 1. The van der Waals surface area contributed by atoms with Crippen LogP contribution in [0.5, 0.6) is 0 Å². The number of amides is 2. The summed E-state index contributed by atoms with van der Waals surface area (Å²) < 4.78 is 0. The molecule has 0 heterocycles. The molecule has 0 aromatic heterocycles. The van der Waals surface area contributed by atoms with Crippen molar-refractivity contribution in [1.82, 2.24) is 15.5 Å². The third-order valence-electron chi connectivity index (χ3n) is 3.99. The van der Waals surface area contributed by atoms with E-state index in [0.29, 0.717) is 6.54 Å². The molecular formula is C14H23N3O3. The van der Waals surface area contributed by atoms with E-state index in [1.54, 1.807) is 0 Å². The summed E-state index contributed by atoms with van der Waals surface area (Å²) in [6.45, 7) is 0.508. The second-order valence-corrected chi connectivity index (χ2v) is 5.45. The van der Waals surface area contributed by atoms with E-state index < -0.39 is 18.0 Å². The Labute approximate surface area is 119 Å². The van der Waals surface area contributed by atoms with Gasteiger partial charge in [-0.1, -0.05) is 12.8 Å². The lowest BCUT2D eigenvalue weighted by Crippen LogP contribution is -2.54. The Kier molecular flexibility index (Phi) is 5.83. The fourth-order valence-electron chi connectivity index (χ4n) is 2.59. The first-order valence-corrected chi connectivity index (χ1v) is 6.79. The Morgan fingerprint density at radius 3 is 2.45 bits per heavy atom. The van der Waals surface area contributed by atoms with E-state index in [0.717, 1.165) is 25.7 Å². The first-order valence-electron chi connectivity index (χ1n) is 6.79. The molecule has 0 bridgehead atoms. The van der Waals surface area contributed by atoms with E-state index in [9.17, 15) is 9.59 Å². The van der Waals surface area contributed by atoms with Gasteiger partial charge in [-0.3, -0.25) is 0 Å². The molecule has 1 aliphatic rings. The van der Waals surface area contributed by atoms with Crippen LogP contribution in [0.3, 0.4) is 0 Å². The van der Waals surface area contributed by atoms with Crippen molar-refractivity contribution in [2.45, 2.75) is 43.7 Å². The highest BCUT2D eigenvalue weighted by atomic mass is 16.4. The van der Waals surface area contributed by atoms with E-state index >= 15 is 0 Å². The van der Waals surface area contributed by atoms with Crippen LogP contribution in [0.15, 0.2) is 0 Å². The van der Waals surface area contributed by atoms with Gasteiger partial charge in [0.05, 0.1) is 0 Å². The molecule has 20 heavy (non-hydrogen) atoms. The Bertz CT molecular complexity index is 395. The molecule has 1 rings (SSSR count). The highest BCUT2D eigenvalue weighted by molar-refractivity contribution is 5.82. The number of terminal acetylenes is 1. The fourth-order valence-corrected chi connectivity index (χ4v) is 2.59. The van der Waals surface area contributed by atoms with Gasteiger partial charge >= 0.3 is 12.0 Å². The van der Waals surface area contributed by atoms with Crippen molar-refractivity contribution >= 4 is 12.0 Å². The standard InChI is InChI=1S/C14H23N3O3/c1-4-7-11(12(18)19)16-13(20)15-10-14(17(2)3)8-5-6-9-14/h1,11H,5-10H2,2-3H3,(H,18,19)(H2,15,16,20). The van der Waals surface area contributed by atoms with Gasteiger partial charge in [-0.2, -0.15) is 0 Å². The summed E-state index contributed by atoms with van der Waals surface area (Å²) in [7, 11) is 4.01. The maximum absolute atomic E-state index is 11.8. The van der Waals surface area contributed by atoms with Gasteiger partial charge in [0.2, 0.25) is 0 Å². The third-order valence-corrected chi connectivity index (χ3v) is 3.99. The molecule has 0 aliphatic heterocycles. The largest absolute Gasteiger partial charge is 0.480 e. The van der Waals surface area contributed by atoms with Crippen molar-refractivity contribution in [3.05, 3.63) is 0 Å². The Morgan fingerprint density at radius 2 is 2.00 bits per heavy atom. The third kappa shape index (κ3) is 4.14. The highest BCUT2D eigenvalue weighted by Gasteiger charge is 2.36. The van der Waals surface area contributed by atoms with Crippen LogP contribution in [0.4, 0.5) is 4.79 Å². The molecule has 1 saturated carbocycles. The molecule has 0 aromatic carbocycles. The minimum atomic E-state index is -1.12. The van der Waals surface area contributed by atoms with Crippen LogP contribution in [0, 0.1) is 12.3 Å². The van der Waals surface area contributed by atoms with Crippen LogP contribution in [0.1, 0.15) is 32.1 Å². The molecule has 1 fully saturated rings. The van der Waals surface area contributed by atoms with Crippen LogP contribution >= 0.6 is 0 Å². The first kappa shape index (κ1) is 16.3. The molecule has 6 nitrogen and oxygen atoms in total. The zero-order valence-corrected chi connectivity index (χ0v) is 12.1. The SMILES string of the molecule is C#CCC(NC(=O)NCC1(N(C)C)CCCC1)C(=O)O. The molecule has 6 heteroatoms. The Hall–Kier alpha value is -1.74. The maximum atomic E-state index is 11.8.